The number of ketones is 2. The predicted octanol–water partition coefficient (Wildman–Crippen LogP) is 3.89. The summed E-state index contributed by atoms with van der Waals surface area (Å²) >= 11 is 0. The molecule has 4 atom stereocenters. The number of nitrogens with zero attached hydrogens (tertiary/aromatic N) is 1. The van der Waals surface area contributed by atoms with Crippen LogP contribution in [0.3, 0.4) is 0 Å². The van der Waals surface area contributed by atoms with Crippen LogP contribution in [-0.4, -0.2) is 53.7 Å². The summed E-state index contributed by atoms with van der Waals surface area (Å²) in [5.74, 6) is -3.26. The van der Waals surface area contributed by atoms with Gasteiger partial charge in [0.05, 0.1) is 13.2 Å². The highest BCUT2D eigenvalue weighted by atomic mass is 19.1. The predicted molar refractivity (Wildman–Crippen MR) is 151 cm³/mol. The van der Waals surface area contributed by atoms with E-state index in [-0.39, 0.29) is 42.6 Å². The lowest BCUT2D eigenvalue weighted by atomic mass is 9.83. The van der Waals surface area contributed by atoms with E-state index in [1.165, 1.54) is 37.4 Å². The van der Waals surface area contributed by atoms with Gasteiger partial charge in [0.15, 0.2) is 11.5 Å². The minimum absolute atomic E-state index is 0.000871. The number of aromatic nitrogens is 1. The number of amides is 2. The molecule has 1 aromatic carbocycles. The van der Waals surface area contributed by atoms with Crippen LogP contribution in [0.25, 0.3) is 0 Å². The van der Waals surface area contributed by atoms with Gasteiger partial charge in [-0.25, -0.2) is 9.18 Å². The molecule has 10 nitrogen and oxygen atoms in total. The highest BCUT2D eigenvalue weighted by Gasteiger charge is 2.34. The first-order valence-corrected chi connectivity index (χ1v) is 14.4. The maximum absolute atomic E-state index is 13.7. The monoisotopic (exact) mass is 585 g/mol. The molecule has 1 heterocycles. The Balaban J connectivity index is 1.79. The average molecular weight is 586 g/mol. The third-order valence-electron chi connectivity index (χ3n) is 7.49. The van der Waals surface area contributed by atoms with Crippen molar-refractivity contribution in [2.45, 2.75) is 84.2 Å². The van der Waals surface area contributed by atoms with Crippen molar-refractivity contribution in [1.29, 1.82) is 0 Å². The summed E-state index contributed by atoms with van der Waals surface area (Å²) in [7, 11) is 1.22. The molecule has 0 unspecified atom stereocenters. The maximum atomic E-state index is 13.7. The minimum Gasteiger partial charge on any atom is -0.467 e. The molecule has 2 amide bonds. The number of carbonyl (C=O) groups excluding carboxylic acids is 5. The fourth-order valence-electron chi connectivity index (χ4n) is 5.28. The molecular weight excluding hydrogens is 545 g/mol. The largest absolute Gasteiger partial charge is 0.467 e. The first-order valence-electron chi connectivity index (χ1n) is 14.4. The maximum Gasteiger partial charge on any atom is 0.328 e. The van der Waals surface area contributed by atoms with Crippen molar-refractivity contribution >= 4 is 29.4 Å². The van der Waals surface area contributed by atoms with Crippen LogP contribution in [0.5, 0.6) is 0 Å². The number of esters is 1. The van der Waals surface area contributed by atoms with E-state index >= 15 is 0 Å². The zero-order valence-electron chi connectivity index (χ0n) is 24.6. The van der Waals surface area contributed by atoms with Crippen LogP contribution in [0, 0.1) is 30.5 Å². The Hall–Kier alpha value is -3.89. The number of rotatable bonds is 14. The molecule has 11 heteroatoms. The summed E-state index contributed by atoms with van der Waals surface area (Å²) in [6.45, 7) is 5.45. The van der Waals surface area contributed by atoms with Crippen LogP contribution >= 0.6 is 0 Å². The fraction of sp³-hybridized carbons (Fsp3) is 0.548. The molecule has 0 aliphatic heterocycles. The van der Waals surface area contributed by atoms with Crippen molar-refractivity contribution in [3.63, 3.8) is 0 Å². The van der Waals surface area contributed by atoms with Gasteiger partial charge in [0.25, 0.3) is 5.91 Å². The molecule has 228 valence electrons. The number of Topliss-reactive ketones (excluding diaryl/α,β-unsaturated/α-hetero) is 2. The average Bonchev–Trinajstić information content (AvgIpc) is 3.39. The molecule has 3 rings (SSSR count). The Labute approximate surface area is 245 Å². The molecule has 42 heavy (non-hydrogen) atoms. The molecule has 0 saturated heterocycles. The fourth-order valence-corrected chi connectivity index (χ4v) is 5.28. The molecule has 1 aliphatic rings. The topological polar surface area (TPSA) is 145 Å². The summed E-state index contributed by atoms with van der Waals surface area (Å²) in [6.07, 6.45) is 3.11. The van der Waals surface area contributed by atoms with E-state index in [9.17, 15) is 28.4 Å². The number of hydrogen-bond acceptors (Lipinski definition) is 8. The number of carbonyl (C=O) groups is 5. The Morgan fingerprint density at radius 3 is 2.40 bits per heavy atom. The molecule has 2 aromatic rings. The number of nitrogens with one attached hydrogen (secondary N) is 2. The van der Waals surface area contributed by atoms with Crippen LogP contribution in [-0.2, 0) is 30.3 Å². The number of ether oxygens (including phenoxy) is 1. The first kappa shape index (κ1) is 32.6. The third-order valence-corrected chi connectivity index (χ3v) is 7.49. The van der Waals surface area contributed by atoms with Crippen LogP contribution in [0.15, 0.2) is 34.9 Å². The van der Waals surface area contributed by atoms with Crippen molar-refractivity contribution in [3.8, 4) is 0 Å². The SMILES string of the molecule is COC(=O)[C@H](C[C@@H]1CCCCC1=O)NC(=O)[C@@H](CC(=O)[C@H](Cc1ccc(F)cc1)NC(=O)c1cc(C)on1)CC(C)C. The molecule has 1 aliphatic carbocycles. The van der Waals surface area contributed by atoms with E-state index in [1.807, 2.05) is 13.8 Å². The standard InChI is InChI=1S/C31H40FN3O7/c1-18(2)13-22(29(38)34-26(31(40)41-4)16-21-7-5-6-8-27(21)36)17-28(37)24(15-20-9-11-23(32)12-10-20)33-30(39)25-14-19(3)42-35-25/h9-12,14,18,21-22,24,26H,5-8,13,15-17H2,1-4H3,(H,33,39)(H,34,38)/t21-,22+,24-,26-/m0/s1. The van der Waals surface area contributed by atoms with Crippen LogP contribution in [0.1, 0.15) is 80.6 Å². The summed E-state index contributed by atoms with van der Waals surface area (Å²) in [6, 6.07) is 4.94. The van der Waals surface area contributed by atoms with E-state index in [2.05, 4.69) is 15.8 Å². The number of aryl methyl sites for hydroxylation is 1. The molecule has 1 aromatic heterocycles. The zero-order valence-corrected chi connectivity index (χ0v) is 24.6. The second-order valence-corrected chi connectivity index (χ2v) is 11.4. The van der Waals surface area contributed by atoms with Gasteiger partial charge in [-0.3, -0.25) is 19.2 Å². The summed E-state index contributed by atoms with van der Waals surface area (Å²) in [5.41, 5.74) is 0.609. The van der Waals surface area contributed by atoms with Gasteiger partial charge in [-0.1, -0.05) is 37.6 Å². The van der Waals surface area contributed by atoms with Gasteiger partial charge < -0.3 is 19.9 Å². The van der Waals surface area contributed by atoms with Crippen molar-refractivity contribution < 1.29 is 37.6 Å². The van der Waals surface area contributed by atoms with E-state index < -0.39 is 47.4 Å². The Bertz CT molecular complexity index is 1260. The highest BCUT2D eigenvalue weighted by Crippen LogP contribution is 2.26. The lowest BCUT2D eigenvalue weighted by molar-refractivity contribution is -0.146. The van der Waals surface area contributed by atoms with E-state index in [0.717, 1.165) is 12.8 Å². The van der Waals surface area contributed by atoms with Crippen LogP contribution in [0.4, 0.5) is 4.39 Å². The van der Waals surface area contributed by atoms with Gasteiger partial charge >= 0.3 is 5.97 Å². The number of halogens is 1. The zero-order chi connectivity index (χ0) is 30.8. The Morgan fingerprint density at radius 1 is 1.10 bits per heavy atom. The second kappa shape index (κ2) is 15.4. The molecule has 1 fully saturated rings. The smallest absolute Gasteiger partial charge is 0.328 e. The van der Waals surface area contributed by atoms with Crippen LogP contribution < -0.4 is 10.6 Å². The van der Waals surface area contributed by atoms with Gasteiger partial charge in [-0.15, -0.1) is 0 Å². The van der Waals surface area contributed by atoms with Crippen molar-refractivity contribution in [2.24, 2.45) is 17.8 Å². The first-order chi connectivity index (χ1) is 20.0. The van der Waals surface area contributed by atoms with Gasteiger partial charge in [0, 0.05) is 30.7 Å². The minimum atomic E-state index is -1.04. The van der Waals surface area contributed by atoms with E-state index in [4.69, 9.17) is 9.26 Å². The molecule has 2 N–H and O–H groups in total. The Kier molecular flexibility index (Phi) is 11.9. The van der Waals surface area contributed by atoms with Gasteiger partial charge in [-0.05, 0) is 62.6 Å². The Morgan fingerprint density at radius 2 is 1.81 bits per heavy atom. The number of hydrogen-bond donors (Lipinski definition) is 2. The summed E-state index contributed by atoms with van der Waals surface area (Å²) < 4.78 is 23.4. The van der Waals surface area contributed by atoms with Gasteiger partial charge in [0.2, 0.25) is 5.91 Å². The van der Waals surface area contributed by atoms with Gasteiger partial charge in [0.1, 0.15) is 23.4 Å². The number of methoxy groups -OCH3 is 1. The second-order valence-electron chi connectivity index (χ2n) is 11.4. The highest BCUT2D eigenvalue weighted by molar-refractivity contribution is 5.98. The number of benzene rings is 1. The molecule has 0 bridgehead atoms. The lowest BCUT2D eigenvalue weighted by Gasteiger charge is -2.27. The van der Waals surface area contributed by atoms with Crippen LogP contribution in [0.2, 0.25) is 0 Å². The normalized spacial score (nSPS) is 17.3. The summed E-state index contributed by atoms with van der Waals surface area (Å²) in [4.78, 5) is 65.1. The van der Waals surface area contributed by atoms with Gasteiger partial charge in [-0.2, -0.15) is 0 Å². The molecular formula is C31H40FN3O7. The van der Waals surface area contributed by atoms with Crippen molar-refractivity contribution in [2.75, 3.05) is 7.11 Å². The van der Waals surface area contributed by atoms with E-state index in [0.29, 0.717) is 30.6 Å². The van der Waals surface area contributed by atoms with Crippen molar-refractivity contribution in [1.82, 2.24) is 15.8 Å². The van der Waals surface area contributed by atoms with Crippen molar-refractivity contribution in [3.05, 3.63) is 53.2 Å². The quantitative estimate of drug-likeness (QED) is 0.318. The molecule has 0 radical (unpaired) electrons. The summed E-state index contributed by atoms with van der Waals surface area (Å²) in [5, 5.41) is 9.13. The third kappa shape index (κ3) is 9.60. The molecule has 1 saturated carbocycles. The lowest BCUT2D eigenvalue weighted by Crippen LogP contribution is -2.48. The molecule has 0 spiro atoms. The van der Waals surface area contributed by atoms with E-state index in [1.54, 1.807) is 6.92 Å².